The first kappa shape index (κ1) is 14.3. The molecule has 0 aliphatic rings. The summed E-state index contributed by atoms with van der Waals surface area (Å²) in [5, 5.41) is 0. The molecule has 0 aromatic heterocycles. The molecule has 0 fully saturated rings. The lowest BCUT2D eigenvalue weighted by Gasteiger charge is -2.09. The minimum Gasteiger partial charge on any atom is -0.497 e. The molecule has 0 heterocycles. The van der Waals surface area contributed by atoms with Crippen LogP contribution in [0.4, 0.5) is 13.2 Å². The fourth-order valence-corrected chi connectivity index (χ4v) is 1.46. The van der Waals surface area contributed by atoms with E-state index in [0.29, 0.717) is 5.75 Å². The van der Waals surface area contributed by atoms with Gasteiger partial charge < -0.3 is 4.74 Å². The lowest BCUT2D eigenvalue weighted by atomic mass is 10.2. The van der Waals surface area contributed by atoms with Crippen LogP contribution in [0, 0.1) is 0 Å². The third-order valence-electron chi connectivity index (χ3n) is 1.88. The van der Waals surface area contributed by atoms with Crippen molar-refractivity contribution in [2.24, 2.45) is 0 Å². The summed E-state index contributed by atoms with van der Waals surface area (Å²) >= 11 is 0. The molecule has 0 aliphatic carbocycles. The van der Waals surface area contributed by atoms with Crippen molar-refractivity contribution in [2.45, 2.75) is 5.51 Å². The molecule has 0 saturated heterocycles. The van der Waals surface area contributed by atoms with Gasteiger partial charge in [0.2, 0.25) is 0 Å². The second-order valence-electron chi connectivity index (χ2n) is 3.11. The van der Waals surface area contributed by atoms with Crippen molar-refractivity contribution in [2.75, 3.05) is 7.11 Å². The van der Waals surface area contributed by atoms with Crippen LogP contribution in [0.5, 0.6) is 5.75 Å². The molecule has 18 heavy (non-hydrogen) atoms. The normalized spacial score (nSPS) is 12.0. The molecule has 9 heteroatoms. The van der Waals surface area contributed by atoms with Gasteiger partial charge in [0, 0.05) is 5.56 Å². The molecule has 1 amide bonds. The van der Waals surface area contributed by atoms with Gasteiger partial charge in [0.1, 0.15) is 5.75 Å². The highest BCUT2D eigenvalue weighted by atomic mass is 32.2. The molecule has 0 bridgehead atoms. The summed E-state index contributed by atoms with van der Waals surface area (Å²) < 4.78 is 63.1. The van der Waals surface area contributed by atoms with Gasteiger partial charge >= 0.3 is 15.5 Å². The topological polar surface area (TPSA) is 72.5 Å². The van der Waals surface area contributed by atoms with E-state index < -0.39 is 21.4 Å². The average molecular weight is 283 g/mol. The average Bonchev–Trinajstić information content (AvgIpc) is 2.27. The molecule has 5 nitrogen and oxygen atoms in total. The molecule has 0 unspecified atom stereocenters. The first-order valence-corrected chi connectivity index (χ1v) is 5.93. The third-order valence-corrected chi connectivity index (χ3v) is 2.95. The summed E-state index contributed by atoms with van der Waals surface area (Å²) in [6.07, 6.45) is 0. The number of rotatable bonds is 3. The number of halogens is 3. The summed E-state index contributed by atoms with van der Waals surface area (Å²) in [4.78, 5) is 11.3. The van der Waals surface area contributed by atoms with Gasteiger partial charge in [-0.2, -0.15) is 21.6 Å². The zero-order valence-electron chi connectivity index (χ0n) is 8.98. The minimum atomic E-state index is -5.69. The largest absolute Gasteiger partial charge is 0.516 e. The Kier molecular flexibility index (Phi) is 3.85. The van der Waals surface area contributed by atoms with Gasteiger partial charge in [-0.05, 0) is 24.3 Å². The third kappa shape index (κ3) is 3.13. The van der Waals surface area contributed by atoms with E-state index in [1.165, 1.54) is 19.2 Å². The molecule has 0 spiro atoms. The summed E-state index contributed by atoms with van der Waals surface area (Å²) in [6, 6.07) is 4.91. The number of hydrogen-bond acceptors (Lipinski definition) is 4. The standard InChI is InChI=1S/C9H8F3NO4S/c1-17-7-4-2-6(3-5-7)8(14)13-18(15,16)9(10,11)12/h2-5H,1H3,(H,13,14). The predicted molar refractivity (Wildman–Crippen MR) is 55.4 cm³/mol. The Hall–Kier alpha value is -1.77. The molecule has 0 atom stereocenters. The Morgan fingerprint density at radius 3 is 2.11 bits per heavy atom. The van der Waals surface area contributed by atoms with Crippen LogP contribution in [0.3, 0.4) is 0 Å². The number of ether oxygens (including phenoxy) is 1. The number of sulfonamides is 1. The van der Waals surface area contributed by atoms with Gasteiger partial charge in [0.05, 0.1) is 7.11 Å². The molecule has 1 aromatic rings. The highest BCUT2D eigenvalue weighted by molar-refractivity contribution is 7.90. The number of carbonyl (C=O) groups excluding carboxylic acids is 1. The summed E-state index contributed by atoms with van der Waals surface area (Å²) in [6.45, 7) is 0. The van der Waals surface area contributed by atoms with Crippen LogP contribution in [0.1, 0.15) is 10.4 Å². The highest BCUT2D eigenvalue weighted by Crippen LogP contribution is 2.22. The Bertz CT molecular complexity index is 536. The number of benzene rings is 1. The SMILES string of the molecule is COc1ccc(C(=O)NS(=O)(=O)C(F)(F)F)cc1. The maximum atomic E-state index is 12.0. The summed E-state index contributed by atoms with van der Waals surface area (Å²) in [7, 11) is -4.33. The fraction of sp³-hybridized carbons (Fsp3) is 0.222. The zero-order chi connectivity index (χ0) is 14.0. The lowest BCUT2D eigenvalue weighted by molar-refractivity contribution is -0.0446. The quantitative estimate of drug-likeness (QED) is 0.906. The number of amides is 1. The number of alkyl halides is 3. The molecule has 1 N–H and O–H groups in total. The van der Waals surface area contributed by atoms with Crippen molar-refractivity contribution in [3.8, 4) is 5.75 Å². The van der Waals surface area contributed by atoms with Gasteiger partial charge in [-0.1, -0.05) is 0 Å². The van der Waals surface area contributed by atoms with Crippen LogP contribution < -0.4 is 9.46 Å². The van der Waals surface area contributed by atoms with Crippen LogP contribution in [0.15, 0.2) is 24.3 Å². The Labute approximate surface area is 101 Å². The Morgan fingerprint density at radius 2 is 1.72 bits per heavy atom. The first-order chi connectivity index (χ1) is 8.17. The minimum absolute atomic E-state index is 0.233. The van der Waals surface area contributed by atoms with Crippen molar-refractivity contribution >= 4 is 15.9 Å². The smallest absolute Gasteiger partial charge is 0.497 e. The molecular formula is C9H8F3NO4S. The second-order valence-corrected chi connectivity index (χ2v) is 4.78. The molecule has 0 aliphatic heterocycles. The van der Waals surface area contributed by atoms with Gasteiger partial charge in [-0.15, -0.1) is 0 Å². The van der Waals surface area contributed by atoms with E-state index in [9.17, 15) is 26.4 Å². The van der Waals surface area contributed by atoms with E-state index >= 15 is 0 Å². The Balaban J connectivity index is 2.89. The van der Waals surface area contributed by atoms with Gasteiger partial charge in [0.25, 0.3) is 5.91 Å². The van der Waals surface area contributed by atoms with Crippen LogP contribution in [-0.4, -0.2) is 26.9 Å². The van der Waals surface area contributed by atoms with Crippen molar-refractivity contribution < 1.29 is 31.1 Å². The Morgan fingerprint density at radius 1 is 1.22 bits per heavy atom. The van der Waals surface area contributed by atoms with Crippen molar-refractivity contribution in [3.05, 3.63) is 29.8 Å². The first-order valence-electron chi connectivity index (χ1n) is 4.45. The van der Waals surface area contributed by atoms with E-state index in [4.69, 9.17) is 4.74 Å². The number of nitrogens with one attached hydrogen (secondary N) is 1. The van der Waals surface area contributed by atoms with Crippen molar-refractivity contribution in [3.63, 3.8) is 0 Å². The van der Waals surface area contributed by atoms with Gasteiger partial charge in [0.15, 0.2) is 0 Å². The molecule has 100 valence electrons. The second kappa shape index (κ2) is 4.84. The lowest BCUT2D eigenvalue weighted by Crippen LogP contribution is -2.40. The van der Waals surface area contributed by atoms with Gasteiger partial charge in [-0.25, -0.2) is 4.72 Å². The number of methoxy groups -OCH3 is 1. The van der Waals surface area contributed by atoms with E-state index in [0.717, 1.165) is 16.9 Å². The fourth-order valence-electron chi connectivity index (χ4n) is 0.981. The summed E-state index contributed by atoms with van der Waals surface area (Å²) in [5.41, 5.74) is -5.77. The molecule has 1 rings (SSSR count). The molecule has 0 radical (unpaired) electrons. The zero-order valence-corrected chi connectivity index (χ0v) is 9.80. The van der Waals surface area contributed by atoms with E-state index in [1.54, 1.807) is 0 Å². The van der Waals surface area contributed by atoms with Gasteiger partial charge in [-0.3, -0.25) is 4.79 Å². The highest BCUT2D eigenvalue weighted by Gasteiger charge is 2.47. The number of carbonyl (C=O) groups is 1. The predicted octanol–water partition coefficient (Wildman–Crippen LogP) is 1.27. The van der Waals surface area contributed by atoms with Crippen LogP contribution in [-0.2, 0) is 10.0 Å². The maximum absolute atomic E-state index is 12.0. The monoisotopic (exact) mass is 283 g/mol. The molecule has 0 saturated carbocycles. The van der Waals surface area contributed by atoms with Crippen LogP contribution in [0.2, 0.25) is 0 Å². The van der Waals surface area contributed by atoms with E-state index in [1.807, 2.05) is 0 Å². The van der Waals surface area contributed by atoms with Crippen molar-refractivity contribution in [1.82, 2.24) is 4.72 Å². The molecule has 1 aromatic carbocycles. The maximum Gasteiger partial charge on any atom is 0.516 e. The molecular weight excluding hydrogens is 275 g/mol. The summed E-state index contributed by atoms with van der Waals surface area (Å²) in [5.74, 6) is -0.986. The van der Waals surface area contributed by atoms with Crippen molar-refractivity contribution in [1.29, 1.82) is 0 Å². The van der Waals surface area contributed by atoms with E-state index in [-0.39, 0.29) is 5.56 Å². The van der Waals surface area contributed by atoms with Crippen LogP contribution in [0.25, 0.3) is 0 Å². The van der Waals surface area contributed by atoms with E-state index in [2.05, 4.69) is 0 Å². The number of hydrogen-bond donors (Lipinski definition) is 1. The van der Waals surface area contributed by atoms with Crippen LogP contribution >= 0.6 is 0 Å².